The molecule has 2 aromatic carbocycles. The quantitative estimate of drug-likeness (QED) is 0.112. The van der Waals surface area contributed by atoms with Crippen molar-refractivity contribution in [2.75, 3.05) is 9.80 Å². The predicted octanol–water partition coefficient (Wildman–Crippen LogP) is 13.1. The molecule has 0 saturated carbocycles. The number of anilines is 2. The van der Waals surface area contributed by atoms with Gasteiger partial charge in [0.05, 0.1) is 0 Å². The van der Waals surface area contributed by atoms with Gasteiger partial charge in [0, 0.05) is 29.7 Å². The Hall–Kier alpha value is -2.01. The van der Waals surface area contributed by atoms with Gasteiger partial charge in [-0.25, -0.2) is 0 Å². The molecule has 1 aliphatic rings. The van der Waals surface area contributed by atoms with Crippen LogP contribution in [0.2, 0.25) is 0 Å². The summed E-state index contributed by atoms with van der Waals surface area (Å²) < 4.78 is 0. The van der Waals surface area contributed by atoms with Crippen LogP contribution in [0.5, 0.6) is 0 Å². The molecule has 0 saturated heterocycles. The molecule has 1 heterocycles. The number of aliphatic carboxylic acids is 1. The Morgan fingerprint density at radius 3 is 0.880 bits per heavy atom. The molecule has 4 nitrogen and oxygen atoms in total. The molecule has 0 N–H and O–H groups in total. The Bertz CT molecular complexity index is 1060. The van der Waals surface area contributed by atoms with Crippen LogP contribution in [0.1, 0.15) is 211 Å². The third kappa shape index (κ3) is 13.5. The van der Waals surface area contributed by atoms with Gasteiger partial charge in [-0.1, -0.05) is 143 Å². The summed E-state index contributed by atoms with van der Waals surface area (Å²) >= 11 is 0. The van der Waals surface area contributed by atoms with Crippen molar-refractivity contribution < 1.29 is 32.3 Å². The van der Waals surface area contributed by atoms with Gasteiger partial charge in [0.15, 0.2) is 6.67 Å². The zero-order valence-electron chi connectivity index (χ0n) is 33.3. The zero-order chi connectivity index (χ0) is 36.2. The van der Waals surface area contributed by atoms with Gasteiger partial charge in [-0.15, -0.1) is 0 Å². The van der Waals surface area contributed by atoms with Crippen molar-refractivity contribution in [2.24, 2.45) is 0 Å². The number of hydrogen-bond donors (Lipinski definition) is 0. The van der Waals surface area contributed by atoms with E-state index in [2.05, 4.69) is 121 Å². The first-order valence-electron chi connectivity index (χ1n) is 20.3. The Morgan fingerprint density at radius 2 is 0.700 bits per heavy atom. The van der Waals surface area contributed by atoms with E-state index < -0.39 is 5.97 Å². The number of carboxylic acids is 1. The van der Waals surface area contributed by atoms with E-state index in [9.17, 15) is 0 Å². The molecular weight excluding hydrogens is 708 g/mol. The molecule has 5 heteroatoms. The molecule has 0 unspecified atom stereocenters. The van der Waals surface area contributed by atoms with Gasteiger partial charge in [0.1, 0.15) is 0 Å². The molecule has 2 aromatic rings. The maximum absolute atomic E-state index is 8.89. The van der Waals surface area contributed by atoms with Crippen molar-refractivity contribution in [1.82, 2.24) is 0 Å². The van der Waals surface area contributed by atoms with Crippen molar-refractivity contribution in [3.63, 3.8) is 0 Å². The average Bonchev–Trinajstić information content (AvgIpc) is 3.57. The fourth-order valence-corrected chi connectivity index (χ4v) is 8.30. The second-order valence-electron chi connectivity index (χ2n) is 14.4. The van der Waals surface area contributed by atoms with Gasteiger partial charge in [0.25, 0.3) is 0 Å². The Balaban J connectivity index is 0.00000237. The monoisotopic (exact) mass is 779 g/mol. The summed E-state index contributed by atoms with van der Waals surface area (Å²) in [5.74, 6) is 1.34. The molecule has 0 aromatic heterocycles. The normalized spacial score (nSPS) is 12.7. The molecule has 0 fully saturated rings. The van der Waals surface area contributed by atoms with E-state index in [0.29, 0.717) is 23.7 Å². The third-order valence-corrected chi connectivity index (χ3v) is 10.2. The van der Waals surface area contributed by atoms with E-state index >= 15 is 0 Å². The minimum absolute atomic E-state index is 0. The summed E-state index contributed by atoms with van der Waals surface area (Å²) in [6.07, 6.45) is 24.7. The van der Waals surface area contributed by atoms with Crippen molar-refractivity contribution in [2.45, 2.75) is 189 Å². The van der Waals surface area contributed by atoms with Gasteiger partial charge in [-0.2, -0.15) is 0 Å². The fourth-order valence-electron chi connectivity index (χ4n) is 8.30. The number of benzene rings is 2. The molecule has 1 aliphatic heterocycles. The van der Waals surface area contributed by atoms with Crippen LogP contribution in [0.3, 0.4) is 0 Å². The van der Waals surface area contributed by atoms with E-state index in [1.54, 1.807) is 22.3 Å². The minimum Gasteiger partial charge on any atom is -0.550 e. The van der Waals surface area contributed by atoms with E-state index in [-0.39, 0.29) is 22.4 Å². The molecule has 0 aliphatic carbocycles. The summed E-state index contributed by atoms with van der Waals surface area (Å²) in [4.78, 5) is 14.0. The molecule has 0 spiro atoms. The van der Waals surface area contributed by atoms with Crippen LogP contribution in [0.15, 0.2) is 48.8 Å². The largest absolute Gasteiger partial charge is 1.00 e. The van der Waals surface area contributed by atoms with E-state index in [1.807, 2.05) is 0 Å². The van der Waals surface area contributed by atoms with Gasteiger partial charge < -0.3 is 19.7 Å². The summed E-state index contributed by atoms with van der Waals surface area (Å²) in [5.41, 5.74) is 9.21. The number of hydrogen-bond acceptors (Lipinski definition) is 4. The van der Waals surface area contributed by atoms with Gasteiger partial charge in [0.2, 0.25) is 0 Å². The van der Waals surface area contributed by atoms with E-state index in [1.165, 1.54) is 114 Å². The van der Waals surface area contributed by atoms with Crippen LogP contribution in [-0.4, -0.2) is 5.97 Å². The predicted molar refractivity (Wildman–Crippen MR) is 212 cm³/mol. The molecule has 285 valence electrons. The number of carbonyl (C=O) groups is 1. The number of carboxylic acid groups (broad SMARTS) is 1. The van der Waals surface area contributed by atoms with Crippen molar-refractivity contribution >= 4 is 17.3 Å². The molecular formula is C45H72AgN2O2. The Labute approximate surface area is 324 Å². The van der Waals surface area contributed by atoms with E-state index in [0.717, 1.165) is 6.92 Å². The summed E-state index contributed by atoms with van der Waals surface area (Å²) in [5, 5.41) is 8.89. The number of carbonyl (C=O) groups excluding carboxylic acids is 1. The number of rotatable bonds is 22. The standard InChI is InChI=1S/C43H69N2.C2H4O2.Ag/c1-9-19-34(20-10-2)38-27-17-28-39(35(21-11-3)22-12-4)42(38)44-31-32-45(33-44)43-40(36(23-13-5)24-14-6)29-18-30-41(43)37(25-15-7)26-16-8;1-2(3)4;/h17-18,27-37H,9-16,19-26H2,1-8H3;1H3,(H,3,4);/q;;+1/p-1. The maximum Gasteiger partial charge on any atom is 1.00 e. The second-order valence-corrected chi connectivity index (χ2v) is 14.4. The molecule has 3 rings (SSSR count). The summed E-state index contributed by atoms with van der Waals surface area (Å²) in [6.45, 7) is 22.3. The number of para-hydroxylation sites is 2. The first kappa shape index (κ1) is 46.0. The van der Waals surface area contributed by atoms with Gasteiger partial charge >= 0.3 is 22.4 Å². The number of nitrogens with zero attached hydrogens (tertiary/aromatic N) is 2. The molecule has 0 bridgehead atoms. The van der Waals surface area contributed by atoms with Crippen molar-refractivity contribution in [3.8, 4) is 0 Å². The van der Waals surface area contributed by atoms with Crippen LogP contribution in [0.4, 0.5) is 11.4 Å². The van der Waals surface area contributed by atoms with Gasteiger partial charge in [-0.05, 0) is 104 Å². The second kappa shape index (κ2) is 25.9. The Kier molecular flexibility index (Phi) is 23.8. The zero-order valence-corrected chi connectivity index (χ0v) is 34.8. The Morgan fingerprint density at radius 1 is 0.500 bits per heavy atom. The maximum atomic E-state index is 8.89. The molecule has 0 atom stereocenters. The molecule has 1 radical (unpaired) electrons. The van der Waals surface area contributed by atoms with Gasteiger partial charge in [-0.3, -0.25) is 0 Å². The summed E-state index contributed by atoms with van der Waals surface area (Å²) in [6, 6.07) is 14.6. The smallest absolute Gasteiger partial charge is 0.550 e. The van der Waals surface area contributed by atoms with Crippen LogP contribution < -0.4 is 14.9 Å². The fraction of sp³-hybridized carbons (Fsp3) is 0.644. The topological polar surface area (TPSA) is 46.6 Å². The third-order valence-electron chi connectivity index (χ3n) is 10.2. The van der Waals surface area contributed by atoms with Crippen LogP contribution >= 0.6 is 0 Å². The van der Waals surface area contributed by atoms with E-state index in [4.69, 9.17) is 9.90 Å². The van der Waals surface area contributed by atoms with Crippen LogP contribution in [0, 0.1) is 6.67 Å². The first-order chi connectivity index (χ1) is 23.8. The average molecular weight is 781 g/mol. The van der Waals surface area contributed by atoms with Crippen molar-refractivity contribution in [1.29, 1.82) is 0 Å². The van der Waals surface area contributed by atoms with Crippen LogP contribution in [-0.2, 0) is 27.2 Å². The SMILES string of the molecule is CC(=O)[O-].CCCC(CCC)c1cccc(C(CCC)CCC)c1N1[CH]N(c2c(C(CCC)CCC)cccc2C(CCC)CCC)C=C1.[Ag+]. The molecule has 50 heavy (non-hydrogen) atoms. The minimum atomic E-state index is -1.08. The van der Waals surface area contributed by atoms with Crippen molar-refractivity contribution in [3.05, 3.63) is 77.7 Å². The molecule has 0 amide bonds. The summed E-state index contributed by atoms with van der Waals surface area (Å²) in [7, 11) is 0. The first-order valence-corrected chi connectivity index (χ1v) is 20.3. The van der Waals surface area contributed by atoms with Crippen LogP contribution in [0.25, 0.3) is 0 Å².